The maximum absolute atomic E-state index is 13.1. The van der Waals surface area contributed by atoms with Gasteiger partial charge in [0.15, 0.2) is 5.78 Å². The summed E-state index contributed by atoms with van der Waals surface area (Å²) < 4.78 is 2.17. The summed E-state index contributed by atoms with van der Waals surface area (Å²) in [6.45, 7) is 5.19. The van der Waals surface area contributed by atoms with Crippen molar-refractivity contribution in [3.8, 4) is 6.07 Å². The van der Waals surface area contributed by atoms with Crippen molar-refractivity contribution in [3.05, 3.63) is 58.4 Å². The first kappa shape index (κ1) is 18.9. The van der Waals surface area contributed by atoms with Crippen LogP contribution in [0, 0.1) is 25.2 Å². The van der Waals surface area contributed by atoms with Gasteiger partial charge in [-0.15, -0.1) is 0 Å². The van der Waals surface area contributed by atoms with Crippen molar-refractivity contribution in [1.82, 2.24) is 14.8 Å². The van der Waals surface area contributed by atoms with E-state index < -0.39 is 17.5 Å². The van der Waals surface area contributed by atoms with Gasteiger partial charge in [0.1, 0.15) is 5.54 Å². The number of Topliss-reactive ketones (excluding diaryl/α,β-unsaturated/α-hetero) is 1. The third kappa shape index (κ3) is 3.01. The lowest BCUT2D eigenvalue weighted by Gasteiger charge is -2.22. The average molecular weight is 390 g/mol. The molecule has 2 aromatic rings. The molecule has 1 aromatic heterocycles. The molecule has 1 saturated heterocycles. The van der Waals surface area contributed by atoms with E-state index in [1.165, 1.54) is 0 Å². The Bertz CT molecular complexity index is 1070. The van der Waals surface area contributed by atoms with E-state index in [2.05, 4.69) is 9.88 Å². The van der Waals surface area contributed by atoms with Crippen LogP contribution in [0.25, 0.3) is 0 Å². The molecule has 1 aliphatic carbocycles. The molecule has 1 aromatic carbocycles. The number of nitrogens with zero attached hydrogens (tertiary/aromatic N) is 3. The van der Waals surface area contributed by atoms with Gasteiger partial charge in [-0.2, -0.15) is 5.26 Å². The predicted octanol–water partition coefficient (Wildman–Crippen LogP) is 2.96. The van der Waals surface area contributed by atoms with Crippen LogP contribution >= 0.6 is 0 Å². The van der Waals surface area contributed by atoms with Crippen molar-refractivity contribution in [1.29, 1.82) is 5.26 Å². The average Bonchev–Trinajstić information content (AvgIpc) is 3.45. The van der Waals surface area contributed by atoms with Crippen LogP contribution in [-0.4, -0.2) is 33.7 Å². The number of aromatic nitrogens is 1. The molecule has 3 amide bonds. The molecule has 1 aliphatic heterocycles. The Labute approximate surface area is 168 Å². The van der Waals surface area contributed by atoms with Gasteiger partial charge in [0.2, 0.25) is 0 Å². The van der Waals surface area contributed by atoms with Crippen molar-refractivity contribution < 1.29 is 14.4 Å². The number of nitriles is 1. The number of aryl methyl sites for hydroxylation is 1. The van der Waals surface area contributed by atoms with E-state index >= 15 is 0 Å². The number of hydrogen-bond donors (Lipinski definition) is 1. The topological polar surface area (TPSA) is 95.2 Å². The molecule has 2 aliphatic rings. The minimum atomic E-state index is -1.27. The number of rotatable bonds is 5. The molecule has 1 unspecified atom stereocenters. The Morgan fingerprint density at radius 1 is 1.24 bits per heavy atom. The second-order valence-corrected chi connectivity index (χ2v) is 7.94. The normalized spacial score (nSPS) is 21.2. The first-order chi connectivity index (χ1) is 13.8. The number of nitrogens with one attached hydrogen (secondary N) is 1. The van der Waals surface area contributed by atoms with Gasteiger partial charge in [-0.25, -0.2) is 4.79 Å². The molecular formula is C22H22N4O3. The molecule has 2 heterocycles. The highest BCUT2D eigenvalue weighted by Crippen LogP contribution is 2.38. The fourth-order valence-electron chi connectivity index (χ4n) is 4.10. The molecule has 29 heavy (non-hydrogen) atoms. The second-order valence-electron chi connectivity index (χ2n) is 7.94. The molecule has 0 bridgehead atoms. The zero-order chi connectivity index (χ0) is 20.9. The molecule has 2 fully saturated rings. The monoisotopic (exact) mass is 390 g/mol. The van der Waals surface area contributed by atoms with Gasteiger partial charge in [-0.05, 0) is 57.4 Å². The third-order valence-electron chi connectivity index (χ3n) is 5.86. The van der Waals surface area contributed by atoms with Crippen molar-refractivity contribution in [2.24, 2.45) is 0 Å². The van der Waals surface area contributed by atoms with Crippen LogP contribution in [-0.2, 0) is 10.3 Å². The van der Waals surface area contributed by atoms with Gasteiger partial charge in [-0.3, -0.25) is 14.5 Å². The minimum absolute atomic E-state index is 0.252. The number of amides is 3. The summed E-state index contributed by atoms with van der Waals surface area (Å²) in [7, 11) is 0. The number of ketones is 1. The Morgan fingerprint density at radius 3 is 2.48 bits per heavy atom. The molecular weight excluding hydrogens is 368 g/mol. The highest BCUT2D eigenvalue weighted by atomic mass is 16.2. The van der Waals surface area contributed by atoms with E-state index in [1.54, 1.807) is 31.2 Å². The summed E-state index contributed by atoms with van der Waals surface area (Å²) in [4.78, 5) is 39.5. The van der Waals surface area contributed by atoms with Crippen molar-refractivity contribution in [3.63, 3.8) is 0 Å². The van der Waals surface area contributed by atoms with E-state index in [4.69, 9.17) is 5.26 Å². The maximum atomic E-state index is 13.1. The van der Waals surface area contributed by atoms with E-state index in [-0.39, 0.29) is 12.3 Å². The van der Waals surface area contributed by atoms with E-state index in [0.29, 0.717) is 22.7 Å². The standard InChI is InChI=1S/C22H22N4O3/c1-13-10-18(14(2)26(13)17-8-9-17)19(27)12-25-20(28)22(3,24-21(25)29)16-6-4-15(11-23)5-7-16/h4-7,10,17H,8-9,12H2,1-3H3,(H,24,29). The van der Waals surface area contributed by atoms with Crippen molar-refractivity contribution >= 4 is 17.7 Å². The van der Waals surface area contributed by atoms with Crippen LogP contribution in [0.3, 0.4) is 0 Å². The van der Waals surface area contributed by atoms with Crippen LogP contribution in [0.15, 0.2) is 30.3 Å². The Kier molecular flexibility index (Phi) is 4.30. The number of hydrogen-bond acceptors (Lipinski definition) is 4. The van der Waals surface area contributed by atoms with Crippen LogP contribution in [0.1, 0.15) is 58.7 Å². The molecule has 0 radical (unpaired) electrons. The minimum Gasteiger partial charge on any atom is -0.345 e. The quantitative estimate of drug-likeness (QED) is 0.627. The lowest BCUT2D eigenvalue weighted by molar-refractivity contribution is -0.130. The van der Waals surface area contributed by atoms with Gasteiger partial charge in [0.05, 0.1) is 18.2 Å². The molecule has 1 N–H and O–H groups in total. The largest absolute Gasteiger partial charge is 0.345 e. The summed E-state index contributed by atoms with van der Waals surface area (Å²) in [5.41, 5.74) is 2.23. The van der Waals surface area contributed by atoms with Gasteiger partial charge < -0.3 is 9.88 Å². The fourth-order valence-corrected chi connectivity index (χ4v) is 4.10. The summed E-state index contributed by atoms with van der Waals surface area (Å²) in [6.07, 6.45) is 2.22. The zero-order valence-corrected chi connectivity index (χ0v) is 16.7. The highest BCUT2D eigenvalue weighted by molar-refractivity contribution is 6.11. The number of carbonyl (C=O) groups excluding carboxylic acids is 3. The lowest BCUT2D eigenvalue weighted by Crippen LogP contribution is -2.41. The lowest BCUT2D eigenvalue weighted by atomic mass is 9.91. The summed E-state index contributed by atoms with van der Waals surface area (Å²) in [5.74, 6) is -0.728. The molecule has 7 nitrogen and oxygen atoms in total. The van der Waals surface area contributed by atoms with Crippen LogP contribution < -0.4 is 5.32 Å². The highest BCUT2D eigenvalue weighted by Gasteiger charge is 2.49. The molecule has 148 valence electrons. The number of benzene rings is 1. The zero-order valence-electron chi connectivity index (χ0n) is 16.7. The summed E-state index contributed by atoms with van der Waals surface area (Å²) in [5, 5.41) is 11.6. The molecule has 0 spiro atoms. The summed E-state index contributed by atoms with van der Waals surface area (Å²) >= 11 is 0. The Morgan fingerprint density at radius 2 is 1.90 bits per heavy atom. The van der Waals surface area contributed by atoms with Gasteiger partial charge in [0.25, 0.3) is 5.91 Å². The van der Waals surface area contributed by atoms with E-state index in [0.717, 1.165) is 29.1 Å². The van der Waals surface area contributed by atoms with Gasteiger partial charge in [0, 0.05) is 23.0 Å². The summed E-state index contributed by atoms with van der Waals surface area (Å²) in [6, 6.07) is 10.2. The third-order valence-corrected chi connectivity index (χ3v) is 5.86. The molecule has 1 atom stereocenters. The van der Waals surface area contributed by atoms with Crippen LogP contribution in [0.5, 0.6) is 0 Å². The van der Waals surface area contributed by atoms with Crippen molar-refractivity contribution in [2.75, 3.05) is 6.54 Å². The number of urea groups is 1. The number of imide groups is 1. The first-order valence-electron chi connectivity index (χ1n) is 9.62. The van der Waals surface area contributed by atoms with Crippen molar-refractivity contribution in [2.45, 2.75) is 45.2 Å². The van der Waals surface area contributed by atoms with Crippen LogP contribution in [0.4, 0.5) is 4.79 Å². The Balaban J connectivity index is 1.57. The molecule has 1 saturated carbocycles. The maximum Gasteiger partial charge on any atom is 0.325 e. The second kappa shape index (κ2) is 6.59. The van der Waals surface area contributed by atoms with E-state index in [9.17, 15) is 14.4 Å². The molecule has 7 heteroatoms. The Hall–Kier alpha value is -3.40. The molecule has 4 rings (SSSR count). The van der Waals surface area contributed by atoms with Gasteiger partial charge in [-0.1, -0.05) is 12.1 Å². The van der Waals surface area contributed by atoms with Crippen LogP contribution in [0.2, 0.25) is 0 Å². The first-order valence-corrected chi connectivity index (χ1v) is 9.62. The smallest absolute Gasteiger partial charge is 0.325 e. The predicted molar refractivity (Wildman–Crippen MR) is 105 cm³/mol. The SMILES string of the molecule is Cc1cc(C(=O)CN2C(=O)NC(C)(c3ccc(C#N)cc3)C2=O)c(C)n1C1CC1. The van der Waals surface area contributed by atoms with E-state index in [1.807, 2.05) is 26.0 Å². The van der Waals surface area contributed by atoms with Gasteiger partial charge >= 0.3 is 6.03 Å². The number of carbonyl (C=O) groups is 3. The fraction of sp³-hybridized carbons (Fsp3) is 0.364.